The molecule has 0 radical (unpaired) electrons. The lowest BCUT2D eigenvalue weighted by Crippen LogP contribution is -2.40. The van der Waals surface area contributed by atoms with Crippen LogP contribution in [0.5, 0.6) is 5.75 Å². The molecule has 1 saturated heterocycles. The van der Waals surface area contributed by atoms with Crippen LogP contribution >= 0.6 is 0 Å². The highest BCUT2D eigenvalue weighted by molar-refractivity contribution is 5.80. The van der Waals surface area contributed by atoms with Crippen molar-refractivity contribution in [3.8, 4) is 5.75 Å². The van der Waals surface area contributed by atoms with E-state index in [-0.39, 0.29) is 17.4 Å². The van der Waals surface area contributed by atoms with Gasteiger partial charge in [-0.2, -0.15) is 0 Å². The lowest BCUT2D eigenvalue weighted by atomic mass is 9.87. The summed E-state index contributed by atoms with van der Waals surface area (Å²) in [5, 5.41) is 2.90. The van der Waals surface area contributed by atoms with Gasteiger partial charge in [0, 0.05) is 13.2 Å². The second-order valence-corrected chi connectivity index (χ2v) is 6.92. The standard InChI is InChI=1S/C18H27NO3/c1-13(17(20)19-12-16-9-6-10-21-16)22-15-8-5-7-14(11-15)18(2,3)4/h5,7-8,11,13,16H,6,9-10,12H2,1-4H3,(H,19,20). The summed E-state index contributed by atoms with van der Waals surface area (Å²) in [6, 6.07) is 7.94. The summed E-state index contributed by atoms with van der Waals surface area (Å²) in [4.78, 5) is 12.1. The van der Waals surface area contributed by atoms with E-state index in [1.807, 2.05) is 18.2 Å². The van der Waals surface area contributed by atoms with Crippen LogP contribution in [0.3, 0.4) is 0 Å². The molecule has 1 aliphatic heterocycles. The maximum absolute atomic E-state index is 12.1. The van der Waals surface area contributed by atoms with Crippen molar-refractivity contribution >= 4 is 5.91 Å². The second kappa shape index (κ2) is 7.14. The Hall–Kier alpha value is -1.55. The van der Waals surface area contributed by atoms with E-state index in [1.54, 1.807) is 6.92 Å². The summed E-state index contributed by atoms with van der Waals surface area (Å²) in [5.41, 5.74) is 1.25. The minimum Gasteiger partial charge on any atom is -0.481 e. The van der Waals surface area contributed by atoms with Gasteiger partial charge in [0.05, 0.1) is 6.10 Å². The van der Waals surface area contributed by atoms with Crippen LogP contribution in [0.25, 0.3) is 0 Å². The predicted octanol–water partition coefficient (Wildman–Crippen LogP) is 3.05. The van der Waals surface area contributed by atoms with Crippen molar-refractivity contribution in [2.75, 3.05) is 13.2 Å². The fraction of sp³-hybridized carbons (Fsp3) is 0.611. The van der Waals surface area contributed by atoms with E-state index in [2.05, 4.69) is 32.2 Å². The number of benzene rings is 1. The van der Waals surface area contributed by atoms with E-state index >= 15 is 0 Å². The van der Waals surface area contributed by atoms with Crippen molar-refractivity contribution in [2.24, 2.45) is 0 Å². The smallest absolute Gasteiger partial charge is 0.260 e. The largest absolute Gasteiger partial charge is 0.481 e. The molecule has 0 bridgehead atoms. The Labute approximate surface area is 133 Å². The first-order chi connectivity index (χ1) is 10.4. The summed E-state index contributed by atoms with van der Waals surface area (Å²) >= 11 is 0. The molecule has 2 unspecified atom stereocenters. The van der Waals surface area contributed by atoms with Gasteiger partial charge in [0.25, 0.3) is 5.91 Å². The SMILES string of the molecule is CC(Oc1cccc(C(C)(C)C)c1)C(=O)NCC1CCCO1. The number of amides is 1. The molecule has 1 aromatic rings. The number of hydrogen-bond acceptors (Lipinski definition) is 3. The summed E-state index contributed by atoms with van der Waals surface area (Å²) in [5.74, 6) is 0.629. The van der Waals surface area contributed by atoms with Crippen LogP contribution in [0.2, 0.25) is 0 Å². The quantitative estimate of drug-likeness (QED) is 0.909. The van der Waals surface area contributed by atoms with Crippen molar-refractivity contribution in [3.05, 3.63) is 29.8 Å². The number of rotatable bonds is 5. The predicted molar refractivity (Wildman–Crippen MR) is 87.2 cm³/mol. The first kappa shape index (κ1) is 16.8. The molecule has 0 saturated carbocycles. The maximum atomic E-state index is 12.1. The van der Waals surface area contributed by atoms with Gasteiger partial charge in [-0.3, -0.25) is 4.79 Å². The minimum atomic E-state index is -0.517. The second-order valence-electron chi connectivity index (χ2n) is 6.92. The molecular formula is C18H27NO3. The van der Waals surface area contributed by atoms with Gasteiger partial charge in [0.15, 0.2) is 6.10 Å². The van der Waals surface area contributed by atoms with Crippen LogP contribution in [0.15, 0.2) is 24.3 Å². The highest BCUT2D eigenvalue weighted by Crippen LogP contribution is 2.26. The monoisotopic (exact) mass is 305 g/mol. The van der Waals surface area contributed by atoms with Gasteiger partial charge >= 0.3 is 0 Å². The lowest BCUT2D eigenvalue weighted by Gasteiger charge is -2.21. The molecule has 1 N–H and O–H groups in total. The van der Waals surface area contributed by atoms with Gasteiger partial charge in [0.1, 0.15) is 5.75 Å². The van der Waals surface area contributed by atoms with E-state index < -0.39 is 6.10 Å². The molecule has 2 rings (SSSR count). The third kappa shape index (κ3) is 4.73. The Balaban J connectivity index is 1.87. The van der Waals surface area contributed by atoms with Gasteiger partial charge < -0.3 is 14.8 Å². The Bertz CT molecular complexity index is 501. The van der Waals surface area contributed by atoms with E-state index in [4.69, 9.17) is 9.47 Å². The van der Waals surface area contributed by atoms with Crippen LogP contribution in [-0.4, -0.2) is 31.3 Å². The summed E-state index contributed by atoms with van der Waals surface area (Å²) < 4.78 is 11.3. The fourth-order valence-electron chi connectivity index (χ4n) is 2.46. The summed E-state index contributed by atoms with van der Waals surface area (Å²) in [7, 11) is 0. The third-order valence-corrected chi connectivity index (χ3v) is 3.91. The number of carbonyl (C=O) groups excluding carboxylic acids is 1. The number of ether oxygens (including phenoxy) is 2. The molecule has 1 heterocycles. The van der Waals surface area contributed by atoms with Crippen LogP contribution in [0, 0.1) is 0 Å². The molecule has 1 amide bonds. The summed E-state index contributed by atoms with van der Waals surface area (Å²) in [6.07, 6.45) is 1.73. The molecule has 0 aliphatic carbocycles. The molecular weight excluding hydrogens is 278 g/mol. The first-order valence-electron chi connectivity index (χ1n) is 8.03. The summed E-state index contributed by atoms with van der Waals surface area (Å²) in [6.45, 7) is 9.60. The Kier molecular flexibility index (Phi) is 5.46. The number of hydrogen-bond donors (Lipinski definition) is 1. The van der Waals surface area contributed by atoms with E-state index in [0.29, 0.717) is 6.54 Å². The topological polar surface area (TPSA) is 47.6 Å². The van der Waals surface area contributed by atoms with Crippen molar-refractivity contribution in [2.45, 2.75) is 58.2 Å². The normalized spacial score (nSPS) is 19.7. The highest BCUT2D eigenvalue weighted by atomic mass is 16.5. The Morgan fingerprint density at radius 1 is 1.45 bits per heavy atom. The molecule has 1 fully saturated rings. The third-order valence-electron chi connectivity index (χ3n) is 3.91. The molecule has 1 aliphatic rings. The molecule has 122 valence electrons. The molecule has 2 atom stereocenters. The zero-order valence-corrected chi connectivity index (χ0v) is 14.0. The molecule has 0 spiro atoms. The van der Waals surface area contributed by atoms with Crippen molar-refractivity contribution in [3.63, 3.8) is 0 Å². The molecule has 22 heavy (non-hydrogen) atoms. The van der Waals surface area contributed by atoms with Gasteiger partial charge in [-0.05, 0) is 42.9 Å². The highest BCUT2D eigenvalue weighted by Gasteiger charge is 2.20. The van der Waals surface area contributed by atoms with Crippen LogP contribution in [0.1, 0.15) is 46.1 Å². The molecule has 4 heteroatoms. The van der Waals surface area contributed by atoms with Gasteiger partial charge in [0.2, 0.25) is 0 Å². The fourth-order valence-corrected chi connectivity index (χ4v) is 2.46. The molecule has 4 nitrogen and oxygen atoms in total. The van der Waals surface area contributed by atoms with Gasteiger partial charge in [-0.25, -0.2) is 0 Å². The van der Waals surface area contributed by atoms with E-state index in [0.717, 1.165) is 25.2 Å². The lowest BCUT2D eigenvalue weighted by molar-refractivity contribution is -0.127. The average Bonchev–Trinajstić information content (AvgIpc) is 2.97. The zero-order valence-electron chi connectivity index (χ0n) is 14.0. The van der Waals surface area contributed by atoms with Crippen LogP contribution in [-0.2, 0) is 14.9 Å². The van der Waals surface area contributed by atoms with Gasteiger partial charge in [-0.1, -0.05) is 32.9 Å². The van der Waals surface area contributed by atoms with Gasteiger partial charge in [-0.15, -0.1) is 0 Å². The Morgan fingerprint density at radius 3 is 2.86 bits per heavy atom. The van der Waals surface area contributed by atoms with Crippen molar-refractivity contribution < 1.29 is 14.3 Å². The first-order valence-corrected chi connectivity index (χ1v) is 8.03. The zero-order chi connectivity index (χ0) is 16.2. The Morgan fingerprint density at radius 2 is 2.23 bits per heavy atom. The number of nitrogens with one attached hydrogen (secondary N) is 1. The van der Waals surface area contributed by atoms with Crippen LogP contribution in [0.4, 0.5) is 0 Å². The van der Waals surface area contributed by atoms with Crippen LogP contribution < -0.4 is 10.1 Å². The van der Waals surface area contributed by atoms with E-state index in [9.17, 15) is 4.79 Å². The number of carbonyl (C=O) groups is 1. The molecule has 0 aromatic heterocycles. The van der Waals surface area contributed by atoms with Crippen molar-refractivity contribution in [1.29, 1.82) is 0 Å². The van der Waals surface area contributed by atoms with Crippen molar-refractivity contribution in [1.82, 2.24) is 5.32 Å². The molecule has 1 aromatic carbocycles. The average molecular weight is 305 g/mol. The van der Waals surface area contributed by atoms with E-state index in [1.165, 1.54) is 5.56 Å². The maximum Gasteiger partial charge on any atom is 0.260 e. The minimum absolute atomic E-state index is 0.0602.